The maximum atomic E-state index is 11.3. The first-order valence-corrected chi connectivity index (χ1v) is 8.41. The van der Waals surface area contributed by atoms with Gasteiger partial charge >= 0.3 is 5.97 Å². The van der Waals surface area contributed by atoms with E-state index < -0.39 is 5.97 Å². The molecular weight excluding hydrogens is 282 g/mol. The Kier molecular flexibility index (Phi) is 12.9. The normalized spacial score (nSPS) is 12.2. The number of ether oxygens (including phenoxy) is 2. The van der Waals surface area contributed by atoms with Gasteiger partial charge in [-0.25, -0.2) is 4.79 Å². The fraction of sp³-hybridized carbons (Fsp3) is 0.824. The number of allylic oxidation sites excluding steroid dienone is 1. The van der Waals surface area contributed by atoms with Crippen LogP contribution in [0.25, 0.3) is 0 Å². The SMILES string of the molecule is CCCCOCN(COCCCC)/C(CCC)=C(\C)C(=O)O. The van der Waals surface area contributed by atoms with Crippen LogP contribution in [0.1, 0.15) is 66.2 Å². The highest BCUT2D eigenvalue weighted by Gasteiger charge is 2.16. The lowest BCUT2D eigenvalue weighted by Crippen LogP contribution is -2.31. The molecule has 0 aliphatic heterocycles. The Morgan fingerprint density at radius 1 is 0.955 bits per heavy atom. The summed E-state index contributed by atoms with van der Waals surface area (Å²) in [5.74, 6) is -0.879. The number of carboxylic acids is 1. The summed E-state index contributed by atoms with van der Waals surface area (Å²) in [6.45, 7) is 10.1. The minimum atomic E-state index is -0.879. The second kappa shape index (κ2) is 13.6. The van der Waals surface area contributed by atoms with Gasteiger partial charge in [-0.05, 0) is 26.2 Å². The molecule has 0 radical (unpaired) electrons. The highest BCUT2D eigenvalue weighted by molar-refractivity contribution is 5.86. The second-order valence-electron chi connectivity index (χ2n) is 5.45. The lowest BCUT2D eigenvalue weighted by Gasteiger charge is -2.28. The van der Waals surface area contributed by atoms with Gasteiger partial charge in [0.05, 0.1) is 5.57 Å². The van der Waals surface area contributed by atoms with E-state index in [0.717, 1.165) is 37.8 Å². The van der Waals surface area contributed by atoms with E-state index in [4.69, 9.17) is 9.47 Å². The standard InChI is InChI=1S/C17H33NO4/c1-5-8-11-21-13-18(14-22-12-9-6-2)16(10-7-3)15(4)17(19)20/h5-14H2,1-4H3,(H,19,20)/b16-15+. The molecule has 0 rings (SSSR count). The quantitative estimate of drug-likeness (QED) is 0.298. The zero-order chi connectivity index (χ0) is 16.8. The summed E-state index contributed by atoms with van der Waals surface area (Å²) in [4.78, 5) is 13.2. The average molecular weight is 315 g/mol. The third kappa shape index (κ3) is 9.05. The van der Waals surface area contributed by atoms with Crippen LogP contribution in [0.5, 0.6) is 0 Å². The summed E-state index contributed by atoms with van der Waals surface area (Å²) in [5.41, 5.74) is 1.18. The van der Waals surface area contributed by atoms with Crippen molar-refractivity contribution in [2.24, 2.45) is 0 Å². The van der Waals surface area contributed by atoms with Gasteiger partial charge in [-0.15, -0.1) is 0 Å². The van der Waals surface area contributed by atoms with Crippen LogP contribution in [0.2, 0.25) is 0 Å². The molecule has 0 amide bonds. The number of carboxylic acid groups (broad SMARTS) is 1. The Morgan fingerprint density at radius 2 is 1.45 bits per heavy atom. The lowest BCUT2D eigenvalue weighted by molar-refractivity contribution is -0.132. The predicted molar refractivity (Wildman–Crippen MR) is 88.5 cm³/mol. The second-order valence-corrected chi connectivity index (χ2v) is 5.45. The monoisotopic (exact) mass is 315 g/mol. The molecule has 1 N–H and O–H groups in total. The van der Waals surface area contributed by atoms with E-state index in [-0.39, 0.29) is 0 Å². The van der Waals surface area contributed by atoms with Crippen molar-refractivity contribution in [1.82, 2.24) is 4.90 Å². The van der Waals surface area contributed by atoms with Gasteiger partial charge in [0, 0.05) is 18.9 Å². The highest BCUT2D eigenvalue weighted by Crippen LogP contribution is 2.17. The van der Waals surface area contributed by atoms with Crippen molar-refractivity contribution in [2.45, 2.75) is 66.2 Å². The summed E-state index contributed by atoms with van der Waals surface area (Å²) in [6.07, 6.45) is 5.79. The molecule has 0 aromatic rings. The Balaban J connectivity index is 4.80. The molecule has 0 aliphatic carbocycles. The minimum absolute atomic E-state index is 0.375. The molecule has 5 nitrogen and oxygen atoms in total. The molecule has 22 heavy (non-hydrogen) atoms. The third-order valence-electron chi connectivity index (χ3n) is 3.40. The maximum Gasteiger partial charge on any atom is 0.333 e. The molecular formula is C17H33NO4. The Hall–Kier alpha value is -1.07. The predicted octanol–water partition coefficient (Wildman–Crippen LogP) is 4.00. The van der Waals surface area contributed by atoms with E-state index in [1.165, 1.54) is 0 Å². The summed E-state index contributed by atoms with van der Waals surface area (Å²) < 4.78 is 11.3. The van der Waals surface area contributed by atoms with Gasteiger partial charge in [0.15, 0.2) is 0 Å². The van der Waals surface area contributed by atoms with E-state index >= 15 is 0 Å². The van der Waals surface area contributed by atoms with Crippen molar-refractivity contribution in [1.29, 1.82) is 0 Å². The van der Waals surface area contributed by atoms with Crippen molar-refractivity contribution in [3.63, 3.8) is 0 Å². The fourth-order valence-corrected chi connectivity index (χ4v) is 1.98. The zero-order valence-electron chi connectivity index (χ0n) is 14.7. The number of hydrogen-bond acceptors (Lipinski definition) is 4. The number of nitrogens with zero attached hydrogens (tertiary/aromatic N) is 1. The number of aliphatic carboxylic acids is 1. The van der Waals surface area contributed by atoms with E-state index in [2.05, 4.69) is 13.8 Å². The lowest BCUT2D eigenvalue weighted by atomic mass is 10.1. The van der Waals surface area contributed by atoms with Crippen molar-refractivity contribution in [2.75, 3.05) is 26.7 Å². The molecule has 0 unspecified atom stereocenters. The van der Waals surface area contributed by atoms with Gasteiger partial charge in [0.25, 0.3) is 0 Å². The van der Waals surface area contributed by atoms with Crippen LogP contribution in [0.3, 0.4) is 0 Å². The van der Waals surface area contributed by atoms with Gasteiger partial charge < -0.3 is 19.5 Å². The van der Waals surface area contributed by atoms with Gasteiger partial charge in [-0.2, -0.15) is 0 Å². The van der Waals surface area contributed by atoms with Crippen LogP contribution in [-0.2, 0) is 14.3 Å². The van der Waals surface area contributed by atoms with Crippen LogP contribution in [0.4, 0.5) is 0 Å². The molecule has 0 fully saturated rings. The number of unbranched alkanes of at least 4 members (excludes halogenated alkanes) is 2. The molecule has 0 saturated heterocycles. The highest BCUT2D eigenvalue weighted by atomic mass is 16.5. The van der Waals surface area contributed by atoms with E-state index in [1.807, 2.05) is 11.8 Å². The van der Waals surface area contributed by atoms with Crippen LogP contribution >= 0.6 is 0 Å². The molecule has 5 heteroatoms. The molecule has 0 aromatic heterocycles. The van der Waals surface area contributed by atoms with Crippen molar-refractivity contribution in [3.8, 4) is 0 Å². The van der Waals surface area contributed by atoms with Crippen LogP contribution in [0, 0.1) is 0 Å². The first kappa shape index (κ1) is 20.9. The van der Waals surface area contributed by atoms with Crippen LogP contribution in [0.15, 0.2) is 11.3 Å². The molecule has 0 spiro atoms. The molecule has 0 saturated carbocycles. The average Bonchev–Trinajstić information content (AvgIpc) is 2.50. The van der Waals surface area contributed by atoms with Crippen molar-refractivity contribution in [3.05, 3.63) is 11.3 Å². The van der Waals surface area contributed by atoms with E-state index in [0.29, 0.717) is 38.7 Å². The molecule has 0 aromatic carbocycles. The first-order chi connectivity index (χ1) is 10.6. The van der Waals surface area contributed by atoms with Crippen LogP contribution < -0.4 is 0 Å². The molecule has 0 atom stereocenters. The summed E-state index contributed by atoms with van der Waals surface area (Å²) in [5, 5.41) is 9.28. The third-order valence-corrected chi connectivity index (χ3v) is 3.40. The number of carbonyl (C=O) groups is 1. The van der Waals surface area contributed by atoms with E-state index in [1.54, 1.807) is 6.92 Å². The van der Waals surface area contributed by atoms with Gasteiger partial charge in [0.1, 0.15) is 13.5 Å². The topological polar surface area (TPSA) is 59.0 Å². The minimum Gasteiger partial charge on any atom is -0.478 e. The van der Waals surface area contributed by atoms with Crippen LogP contribution in [-0.4, -0.2) is 42.7 Å². The summed E-state index contributed by atoms with van der Waals surface area (Å²) in [6, 6.07) is 0. The van der Waals surface area contributed by atoms with Gasteiger partial charge in [0.2, 0.25) is 0 Å². The Morgan fingerprint density at radius 3 is 1.82 bits per heavy atom. The molecule has 0 heterocycles. The number of hydrogen-bond donors (Lipinski definition) is 1. The van der Waals surface area contributed by atoms with Gasteiger partial charge in [-0.1, -0.05) is 40.0 Å². The smallest absolute Gasteiger partial charge is 0.333 e. The molecule has 0 aliphatic rings. The number of rotatable bonds is 14. The van der Waals surface area contributed by atoms with E-state index in [9.17, 15) is 9.90 Å². The summed E-state index contributed by atoms with van der Waals surface area (Å²) in [7, 11) is 0. The zero-order valence-corrected chi connectivity index (χ0v) is 14.7. The summed E-state index contributed by atoms with van der Waals surface area (Å²) >= 11 is 0. The molecule has 130 valence electrons. The first-order valence-electron chi connectivity index (χ1n) is 8.41. The Bertz CT molecular complexity index is 317. The largest absolute Gasteiger partial charge is 0.478 e. The van der Waals surface area contributed by atoms with Gasteiger partial charge in [-0.3, -0.25) is 0 Å². The van der Waals surface area contributed by atoms with Crippen molar-refractivity contribution >= 4 is 5.97 Å². The van der Waals surface area contributed by atoms with Crippen molar-refractivity contribution < 1.29 is 19.4 Å². The molecule has 0 bridgehead atoms. The fourth-order valence-electron chi connectivity index (χ4n) is 1.98. The Labute approximate surface area is 135 Å². The maximum absolute atomic E-state index is 11.3.